The summed E-state index contributed by atoms with van der Waals surface area (Å²) in [4.78, 5) is 0. The highest BCUT2D eigenvalue weighted by molar-refractivity contribution is 5.66. The topological polar surface area (TPSA) is 300 Å². The lowest BCUT2D eigenvalue weighted by Crippen LogP contribution is -2.43. The second kappa shape index (κ2) is 14.9. The average Bonchev–Trinajstić information content (AvgIpc) is 3.25. The van der Waals surface area contributed by atoms with E-state index >= 15 is 0 Å². The van der Waals surface area contributed by atoms with Crippen LogP contribution in [0.5, 0.6) is 74.7 Å². The quantitative estimate of drug-likeness (QED) is 0.0963. The Kier molecular flexibility index (Phi) is 9.63. The van der Waals surface area contributed by atoms with Gasteiger partial charge in [-0.15, -0.1) is 0 Å². The van der Waals surface area contributed by atoms with E-state index in [4.69, 9.17) is 18.9 Å². The Morgan fingerprint density at radius 3 is 1.47 bits per heavy atom. The van der Waals surface area contributed by atoms with Gasteiger partial charge in [0.25, 0.3) is 0 Å². The van der Waals surface area contributed by atoms with Gasteiger partial charge in [-0.3, -0.25) is 0 Å². The van der Waals surface area contributed by atoms with E-state index in [0.29, 0.717) is 5.56 Å². The van der Waals surface area contributed by atoms with Crippen LogP contribution in [-0.2, 0) is 4.74 Å². The maximum absolute atomic E-state index is 12.2. The van der Waals surface area contributed by atoms with Gasteiger partial charge in [-0.1, -0.05) is 36.4 Å². The number of phenolic OH excluding ortho intramolecular Hbond substituents is 10. The molecular formula is C45H38O17. The summed E-state index contributed by atoms with van der Waals surface area (Å²) in [5.41, 5.74) is 0.371. The lowest BCUT2D eigenvalue weighted by Gasteiger charge is -2.45. The summed E-state index contributed by atoms with van der Waals surface area (Å²) >= 11 is 0. The Morgan fingerprint density at radius 1 is 0.387 bits per heavy atom. The van der Waals surface area contributed by atoms with Crippen molar-refractivity contribution < 1.29 is 85.3 Å². The Labute approximate surface area is 350 Å². The van der Waals surface area contributed by atoms with E-state index in [1.807, 2.05) is 0 Å². The van der Waals surface area contributed by atoms with Crippen LogP contribution in [-0.4, -0.2) is 84.7 Å². The van der Waals surface area contributed by atoms with Gasteiger partial charge >= 0.3 is 0 Å². The molecule has 0 amide bonds. The molecule has 9 rings (SSSR count). The molecule has 3 heterocycles. The summed E-state index contributed by atoms with van der Waals surface area (Å²) in [5, 5.41) is 143. The number of ether oxygens (including phenoxy) is 4. The molecule has 6 aromatic rings. The fraction of sp³-hybridized carbons (Fsp3) is 0.200. The number of rotatable bonds is 6. The minimum Gasteiger partial charge on any atom is -0.508 e. The monoisotopic (exact) mass is 850 g/mol. The van der Waals surface area contributed by atoms with E-state index in [9.17, 15) is 66.4 Å². The molecule has 0 bridgehead atoms. The number of hydrogen-bond donors (Lipinski definition) is 13. The highest BCUT2D eigenvalue weighted by atomic mass is 16.6. The largest absolute Gasteiger partial charge is 0.508 e. The van der Waals surface area contributed by atoms with E-state index in [-0.39, 0.29) is 56.4 Å². The summed E-state index contributed by atoms with van der Waals surface area (Å²) in [6.07, 6.45) is -12.3. The molecule has 0 saturated heterocycles. The van der Waals surface area contributed by atoms with Crippen molar-refractivity contribution in [2.75, 3.05) is 0 Å². The van der Waals surface area contributed by atoms with Crippen LogP contribution in [0.3, 0.4) is 0 Å². The fourth-order valence-corrected chi connectivity index (χ4v) is 8.41. The maximum Gasteiger partial charge on any atom is 0.201 e. The van der Waals surface area contributed by atoms with Crippen molar-refractivity contribution in [1.29, 1.82) is 0 Å². The Morgan fingerprint density at radius 2 is 0.871 bits per heavy atom. The van der Waals surface area contributed by atoms with Crippen LogP contribution in [0.25, 0.3) is 0 Å². The molecule has 320 valence electrons. The summed E-state index contributed by atoms with van der Waals surface area (Å²) in [5.74, 6) is -7.96. The van der Waals surface area contributed by atoms with Gasteiger partial charge in [-0.2, -0.15) is 0 Å². The zero-order valence-corrected chi connectivity index (χ0v) is 31.9. The molecule has 0 aliphatic carbocycles. The molecule has 0 fully saturated rings. The van der Waals surface area contributed by atoms with Crippen molar-refractivity contribution in [3.63, 3.8) is 0 Å². The number of hydrogen-bond acceptors (Lipinski definition) is 17. The van der Waals surface area contributed by atoms with Crippen molar-refractivity contribution >= 4 is 0 Å². The SMILES string of the molecule is Oc1ccc([C@H]2Oc3c(ccc(O)c3O)[C@H](O[C@@H]3[C@@H](c4cc5c(c(O)c4O)O[C@H](c4ccc(O)c(O)c4)[C@H](O)[C@H]5O)c4ccc(O)c(O)c4O[C@@H]3c3ccc(O)cc3)[C@H]2O)cc1. The van der Waals surface area contributed by atoms with E-state index < -0.39 is 106 Å². The lowest BCUT2D eigenvalue weighted by molar-refractivity contribution is -0.157. The van der Waals surface area contributed by atoms with E-state index in [1.165, 1.54) is 72.8 Å². The first-order chi connectivity index (χ1) is 29.6. The number of aliphatic hydroxyl groups excluding tert-OH is 3. The summed E-state index contributed by atoms with van der Waals surface area (Å²) in [6.45, 7) is 0. The predicted molar refractivity (Wildman–Crippen MR) is 212 cm³/mol. The van der Waals surface area contributed by atoms with Crippen LogP contribution in [0.4, 0.5) is 0 Å². The number of aliphatic hydroxyl groups is 3. The first-order valence-corrected chi connectivity index (χ1v) is 19.1. The standard InChI is InChI=1S/C45H38O17/c46-20-6-1-17(2-7-20)38-37(58)43(23-11-14-28(50)34(55)42(23)59-38)62-45-30(22-10-13-27(49)33(54)41(22)61-40(45)18-3-8-21(47)9-4-18)24-16-25-32(53)35(56)39(60-44(25)36(57)31(24)52)19-5-12-26(48)29(51)15-19/h1-16,30,32,35,37-40,43,45-58H/t30-,32+,35-,37+,38-,39-,40-,43+,45-/m1/s1. The first kappa shape index (κ1) is 40.0. The van der Waals surface area contributed by atoms with Crippen molar-refractivity contribution in [3.8, 4) is 74.7 Å². The fourth-order valence-electron chi connectivity index (χ4n) is 8.41. The van der Waals surface area contributed by atoms with E-state index in [2.05, 4.69) is 0 Å². The van der Waals surface area contributed by atoms with Gasteiger partial charge in [0, 0.05) is 28.2 Å². The van der Waals surface area contributed by atoms with Gasteiger partial charge in [0.15, 0.2) is 64.3 Å². The lowest BCUT2D eigenvalue weighted by atomic mass is 9.77. The van der Waals surface area contributed by atoms with Crippen molar-refractivity contribution in [2.45, 2.75) is 54.7 Å². The third kappa shape index (κ3) is 6.42. The summed E-state index contributed by atoms with van der Waals surface area (Å²) < 4.78 is 25.4. The number of benzene rings is 6. The van der Waals surface area contributed by atoms with Gasteiger partial charge < -0.3 is 85.3 Å². The molecule has 13 N–H and O–H groups in total. The molecule has 6 aromatic carbocycles. The van der Waals surface area contributed by atoms with Crippen LogP contribution in [0.1, 0.15) is 75.4 Å². The molecule has 62 heavy (non-hydrogen) atoms. The molecule has 3 aliphatic rings. The van der Waals surface area contributed by atoms with E-state index in [1.54, 1.807) is 0 Å². The Balaban J connectivity index is 1.24. The second-order valence-corrected chi connectivity index (χ2v) is 15.3. The molecule has 9 atom stereocenters. The average molecular weight is 851 g/mol. The van der Waals surface area contributed by atoms with Crippen molar-refractivity contribution in [2.24, 2.45) is 0 Å². The van der Waals surface area contributed by atoms with Gasteiger partial charge in [0.1, 0.15) is 42.0 Å². The normalized spacial score (nSPS) is 25.0. The minimum absolute atomic E-state index is 0.0427. The molecular weight excluding hydrogens is 812 g/mol. The zero-order chi connectivity index (χ0) is 43.9. The molecule has 0 spiro atoms. The Hall–Kier alpha value is -7.44. The molecule has 0 aromatic heterocycles. The Bertz CT molecular complexity index is 2700. The third-order valence-corrected chi connectivity index (χ3v) is 11.6. The van der Waals surface area contributed by atoms with Crippen LogP contribution >= 0.6 is 0 Å². The van der Waals surface area contributed by atoms with Gasteiger partial charge in [-0.25, -0.2) is 0 Å². The molecule has 17 heteroatoms. The zero-order valence-electron chi connectivity index (χ0n) is 31.9. The predicted octanol–water partition coefficient (Wildman–Crippen LogP) is 5.16. The molecule has 0 radical (unpaired) electrons. The molecule has 17 nitrogen and oxygen atoms in total. The highest BCUT2D eigenvalue weighted by Gasteiger charge is 2.50. The van der Waals surface area contributed by atoms with Gasteiger partial charge in [-0.05, 0) is 77.4 Å². The number of phenols is 10. The smallest absolute Gasteiger partial charge is 0.201 e. The first-order valence-electron chi connectivity index (χ1n) is 19.1. The van der Waals surface area contributed by atoms with Gasteiger partial charge in [0.05, 0.1) is 0 Å². The van der Waals surface area contributed by atoms with Crippen LogP contribution in [0, 0.1) is 0 Å². The van der Waals surface area contributed by atoms with Crippen molar-refractivity contribution in [3.05, 3.63) is 136 Å². The van der Waals surface area contributed by atoms with Crippen LogP contribution in [0.2, 0.25) is 0 Å². The van der Waals surface area contributed by atoms with Gasteiger partial charge in [0.2, 0.25) is 17.2 Å². The second-order valence-electron chi connectivity index (χ2n) is 15.3. The van der Waals surface area contributed by atoms with Crippen LogP contribution < -0.4 is 14.2 Å². The molecule has 3 aliphatic heterocycles. The molecule has 0 saturated carbocycles. The van der Waals surface area contributed by atoms with Crippen LogP contribution in [0.15, 0.2) is 97.1 Å². The molecule has 0 unspecified atom stereocenters. The van der Waals surface area contributed by atoms with Crippen molar-refractivity contribution in [1.82, 2.24) is 0 Å². The highest BCUT2D eigenvalue weighted by Crippen LogP contribution is 2.60. The maximum atomic E-state index is 12.2. The number of aromatic hydroxyl groups is 10. The van der Waals surface area contributed by atoms with E-state index in [0.717, 1.165) is 24.3 Å². The third-order valence-electron chi connectivity index (χ3n) is 11.6. The minimum atomic E-state index is -1.82. The number of fused-ring (bicyclic) bond motifs is 3. The summed E-state index contributed by atoms with van der Waals surface area (Å²) in [7, 11) is 0. The summed E-state index contributed by atoms with van der Waals surface area (Å²) in [6, 6.07) is 21.0.